The van der Waals surface area contributed by atoms with Crippen molar-refractivity contribution in [2.45, 2.75) is 39.7 Å². The lowest BCUT2D eigenvalue weighted by Crippen LogP contribution is -2.24. The van der Waals surface area contributed by atoms with Crippen LogP contribution in [0.4, 0.5) is 6.01 Å². The summed E-state index contributed by atoms with van der Waals surface area (Å²) < 4.78 is 5.03. The molecule has 6 nitrogen and oxygen atoms in total. The summed E-state index contributed by atoms with van der Waals surface area (Å²) in [4.78, 5) is 11.4. The van der Waals surface area contributed by atoms with E-state index in [1.54, 1.807) is 6.92 Å². The van der Waals surface area contributed by atoms with E-state index in [-0.39, 0.29) is 11.9 Å². The van der Waals surface area contributed by atoms with E-state index in [2.05, 4.69) is 34.7 Å². The van der Waals surface area contributed by atoms with Crippen molar-refractivity contribution in [3.8, 4) is 0 Å². The fraction of sp³-hybridized carbons (Fsp3) is 0.700. The monoisotopic (exact) mass is 226 g/mol. The van der Waals surface area contributed by atoms with Crippen LogP contribution in [0.15, 0.2) is 4.42 Å². The maximum atomic E-state index is 11.4. The Morgan fingerprint density at radius 1 is 1.44 bits per heavy atom. The van der Waals surface area contributed by atoms with E-state index in [0.29, 0.717) is 18.4 Å². The molecule has 1 heterocycles. The summed E-state index contributed by atoms with van der Waals surface area (Å²) in [5.74, 6) is 0.339. The van der Waals surface area contributed by atoms with Gasteiger partial charge in [-0.2, -0.15) is 0 Å². The summed E-state index contributed by atoms with van der Waals surface area (Å²) >= 11 is 0. The Morgan fingerprint density at radius 3 is 2.75 bits per heavy atom. The summed E-state index contributed by atoms with van der Waals surface area (Å²) in [6.07, 6.45) is 1.23. The quantitative estimate of drug-likeness (QED) is 0.710. The lowest BCUT2D eigenvalue weighted by atomic mass is 10.3. The first kappa shape index (κ1) is 12.6. The molecule has 6 heteroatoms. The van der Waals surface area contributed by atoms with Crippen molar-refractivity contribution in [1.29, 1.82) is 0 Å². The second kappa shape index (κ2) is 6.22. The molecule has 2 N–H and O–H groups in total. The molecule has 0 fully saturated rings. The number of hydrogen-bond acceptors (Lipinski definition) is 5. The summed E-state index contributed by atoms with van der Waals surface area (Å²) in [6, 6.07) is 0.612. The smallest absolute Gasteiger partial charge is 0.322 e. The van der Waals surface area contributed by atoms with Crippen molar-refractivity contribution in [2.24, 2.45) is 0 Å². The molecule has 1 rings (SSSR count). The molecule has 0 bridgehead atoms. The molecular formula is C10H18N4O2. The van der Waals surface area contributed by atoms with E-state index in [1.165, 1.54) is 0 Å². The Labute approximate surface area is 94.8 Å². The molecule has 0 aromatic carbocycles. The molecule has 1 aromatic heterocycles. The number of aromatic nitrogens is 2. The normalized spacial score (nSPS) is 10.8. The number of nitrogens with zero attached hydrogens (tertiary/aromatic N) is 2. The van der Waals surface area contributed by atoms with Gasteiger partial charge in [-0.3, -0.25) is 10.1 Å². The topological polar surface area (TPSA) is 80.0 Å². The van der Waals surface area contributed by atoms with E-state index < -0.39 is 0 Å². The molecule has 16 heavy (non-hydrogen) atoms. The molecule has 0 aliphatic carbocycles. The molecule has 0 radical (unpaired) electrons. The minimum absolute atomic E-state index is 0.103. The minimum atomic E-state index is -0.103. The average molecular weight is 226 g/mol. The summed E-state index contributed by atoms with van der Waals surface area (Å²) in [6.45, 7) is 6.64. The first-order valence-electron chi connectivity index (χ1n) is 5.41. The van der Waals surface area contributed by atoms with Crippen LogP contribution < -0.4 is 10.6 Å². The second-order valence-corrected chi connectivity index (χ2v) is 3.89. The van der Waals surface area contributed by atoms with Crippen LogP contribution in [0, 0.1) is 6.92 Å². The molecule has 0 aliphatic rings. The van der Waals surface area contributed by atoms with E-state index in [1.807, 2.05) is 0 Å². The van der Waals surface area contributed by atoms with E-state index >= 15 is 0 Å². The molecular weight excluding hydrogens is 208 g/mol. The average Bonchev–Trinajstić information content (AvgIpc) is 2.58. The van der Waals surface area contributed by atoms with Gasteiger partial charge in [0, 0.05) is 19.4 Å². The highest BCUT2D eigenvalue weighted by molar-refractivity contribution is 5.88. The SMILES string of the molecule is Cc1nnc(NC(=O)CCCNC(C)C)o1. The molecule has 0 saturated carbocycles. The van der Waals surface area contributed by atoms with E-state index in [0.717, 1.165) is 13.0 Å². The third kappa shape index (κ3) is 4.88. The maximum absolute atomic E-state index is 11.4. The highest BCUT2D eigenvalue weighted by Gasteiger charge is 2.07. The predicted octanol–water partition coefficient (Wildman–Crippen LogP) is 1.09. The van der Waals surface area contributed by atoms with Gasteiger partial charge in [-0.1, -0.05) is 18.9 Å². The largest absolute Gasteiger partial charge is 0.408 e. The predicted molar refractivity (Wildman–Crippen MR) is 60.0 cm³/mol. The van der Waals surface area contributed by atoms with Crippen LogP contribution in [-0.4, -0.2) is 28.7 Å². The molecule has 1 aromatic rings. The van der Waals surface area contributed by atoms with E-state index in [4.69, 9.17) is 4.42 Å². The van der Waals surface area contributed by atoms with Crippen molar-refractivity contribution < 1.29 is 9.21 Å². The Hall–Kier alpha value is -1.43. The maximum Gasteiger partial charge on any atom is 0.322 e. The fourth-order valence-corrected chi connectivity index (χ4v) is 1.17. The van der Waals surface area contributed by atoms with Crippen LogP contribution in [0.1, 0.15) is 32.6 Å². The van der Waals surface area contributed by atoms with Crippen LogP contribution in [0.3, 0.4) is 0 Å². The number of amides is 1. The van der Waals surface area contributed by atoms with Gasteiger partial charge in [0.1, 0.15) is 0 Å². The first-order chi connectivity index (χ1) is 7.58. The summed E-state index contributed by atoms with van der Waals surface area (Å²) in [7, 11) is 0. The Kier molecular flexibility index (Phi) is 4.91. The number of aryl methyl sites for hydroxylation is 1. The van der Waals surface area contributed by atoms with Gasteiger partial charge >= 0.3 is 6.01 Å². The summed E-state index contributed by atoms with van der Waals surface area (Å²) in [5, 5.41) is 13.1. The zero-order chi connectivity index (χ0) is 12.0. The van der Waals surface area contributed by atoms with Crippen molar-refractivity contribution in [3.63, 3.8) is 0 Å². The van der Waals surface area contributed by atoms with Gasteiger partial charge in [-0.05, 0) is 13.0 Å². The van der Waals surface area contributed by atoms with Crippen molar-refractivity contribution in [1.82, 2.24) is 15.5 Å². The molecule has 90 valence electrons. The van der Waals surface area contributed by atoms with Gasteiger partial charge < -0.3 is 9.73 Å². The van der Waals surface area contributed by atoms with Gasteiger partial charge in [0.25, 0.3) is 0 Å². The third-order valence-electron chi connectivity index (χ3n) is 1.91. The molecule has 0 atom stereocenters. The minimum Gasteiger partial charge on any atom is -0.408 e. The second-order valence-electron chi connectivity index (χ2n) is 3.89. The third-order valence-corrected chi connectivity index (χ3v) is 1.91. The Balaban J connectivity index is 2.16. The lowest BCUT2D eigenvalue weighted by Gasteiger charge is -2.06. The number of rotatable bonds is 6. The number of nitrogens with one attached hydrogen (secondary N) is 2. The molecule has 0 spiro atoms. The zero-order valence-electron chi connectivity index (χ0n) is 9.91. The van der Waals surface area contributed by atoms with Crippen LogP contribution in [-0.2, 0) is 4.79 Å². The Morgan fingerprint density at radius 2 is 2.19 bits per heavy atom. The molecule has 0 saturated heterocycles. The highest BCUT2D eigenvalue weighted by atomic mass is 16.4. The van der Waals surface area contributed by atoms with Crippen molar-refractivity contribution in [3.05, 3.63) is 5.89 Å². The first-order valence-corrected chi connectivity index (χ1v) is 5.41. The number of anilines is 1. The van der Waals surface area contributed by atoms with E-state index in [9.17, 15) is 4.79 Å². The van der Waals surface area contributed by atoms with Crippen molar-refractivity contribution in [2.75, 3.05) is 11.9 Å². The van der Waals surface area contributed by atoms with Crippen LogP contribution in [0.2, 0.25) is 0 Å². The van der Waals surface area contributed by atoms with Gasteiger partial charge in [0.15, 0.2) is 0 Å². The van der Waals surface area contributed by atoms with Gasteiger partial charge in [-0.15, -0.1) is 5.10 Å². The van der Waals surface area contributed by atoms with Crippen LogP contribution in [0.25, 0.3) is 0 Å². The van der Waals surface area contributed by atoms with Gasteiger partial charge in [0.2, 0.25) is 11.8 Å². The number of carbonyl (C=O) groups is 1. The van der Waals surface area contributed by atoms with Crippen LogP contribution >= 0.6 is 0 Å². The van der Waals surface area contributed by atoms with Crippen molar-refractivity contribution >= 4 is 11.9 Å². The molecule has 0 unspecified atom stereocenters. The highest BCUT2D eigenvalue weighted by Crippen LogP contribution is 2.04. The fourth-order valence-electron chi connectivity index (χ4n) is 1.17. The summed E-state index contributed by atoms with van der Waals surface area (Å²) in [5.41, 5.74) is 0. The molecule has 1 amide bonds. The number of carbonyl (C=O) groups excluding carboxylic acids is 1. The zero-order valence-corrected chi connectivity index (χ0v) is 9.91. The Bertz CT molecular complexity index is 335. The number of hydrogen-bond donors (Lipinski definition) is 2. The lowest BCUT2D eigenvalue weighted by molar-refractivity contribution is -0.116. The van der Waals surface area contributed by atoms with Crippen LogP contribution in [0.5, 0.6) is 0 Å². The molecule has 0 aliphatic heterocycles. The van der Waals surface area contributed by atoms with Gasteiger partial charge in [-0.25, -0.2) is 0 Å². The van der Waals surface area contributed by atoms with Gasteiger partial charge in [0.05, 0.1) is 0 Å². The standard InChI is InChI=1S/C10H18N4O2/c1-7(2)11-6-4-5-9(15)12-10-14-13-8(3)16-10/h7,11H,4-6H2,1-3H3,(H,12,14,15).